The summed E-state index contributed by atoms with van der Waals surface area (Å²) in [5.74, 6) is -0.753. The molecule has 0 spiro atoms. The van der Waals surface area contributed by atoms with Crippen LogP contribution in [-0.4, -0.2) is 47.2 Å². The van der Waals surface area contributed by atoms with Crippen LogP contribution in [0.1, 0.15) is 53.4 Å². The molecule has 0 radical (unpaired) electrons. The van der Waals surface area contributed by atoms with Gasteiger partial charge >= 0.3 is 5.97 Å². The molecule has 1 aliphatic rings. The summed E-state index contributed by atoms with van der Waals surface area (Å²) in [7, 11) is 1.62. The Balaban J connectivity index is 3.26. The molecule has 1 N–H and O–H groups in total. The van der Waals surface area contributed by atoms with Gasteiger partial charge < -0.3 is 9.84 Å². The van der Waals surface area contributed by atoms with Crippen LogP contribution in [0.15, 0.2) is 16.3 Å². The summed E-state index contributed by atoms with van der Waals surface area (Å²) in [6, 6.07) is 0. The van der Waals surface area contributed by atoms with Crippen molar-refractivity contribution < 1.29 is 19.4 Å². The minimum absolute atomic E-state index is 0.120. The maximum absolute atomic E-state index is 12.7. The fourth-order valence-corrected chi connectivity index (χ4v) is 4.36. The van der Waals surface area contributed by atoms with E-state index in [9.17, 15) is 14.7 Å². The lowest BCUT2D eigenvalue weighted by Gasteiger charge is -2.32. The molecule has 0 bridgehead atoms. The number of rotatable bonds is 9. The van der Waals surface area contributed by atoms with Gasteiger partial charge in [-0.05, 0) is 31.4 Å². The first-order chi connectivity index (χ1) is 11.9. The molecule has 3 atom stereocenters. The minimum Gasteiger partial charge on any atom is -0.511 e. The van der Waals surface area contributed by atoms with Gasteiger partial charge in [-0.2, -0.15) is 11.8 Å². The van der Waals surface area contributed by atoms with E-state index in [4.69, 9.17) is 4.74 Å². The zero-order valence-electron chi connectivity index (χ0n) is 16.0. The average Bonchev–Trinajstić information content (AvgIpc) is 2.54. The summed E-state index contributed by atoms with van der Waals surface area (Å²) in [5.41, 5.74) is 0.809. The van der Waals surface area contributed by atoms with Crippen LogP contribution >= 0.6 is 11.8 Å². The third-order valence-electron chi connectivity index (χ3n) is 4.42. The fourth-order valence-electron chi connectivity index (χ4n) is 3.41. The maximum Gasteiger partial charge on any atom is 0.316 e. The summed E-state index contributed by atoms with van der Waals surface area (Å²) < 4.78 is 5.19. The quantitative estimate of drug-likeness (QED) is 0.491. The zero-order valence-corrected chi connectivity index (χ0v) is 16.8. The Morgan fingerprint density at radius 1 is 1.40 bits per heavy atom. The van der Waals surface area contributed by atoms with E-state index in [1.165, 1.54) is 0 Å². The number of ketones is 1. The van der Waals surface area contributed by atoms with Crippen LogP contribution in [0.3, 0.4) is 0 Å². The Hall–Kier alpha value is -1.30. The number of Topliss-reactive ketones (excluding diaryl/α,β-unsaturated/α-hetero) is 1. The summed E-state index contributed by atoms with van der Waals surface area (Å²) in [6.07, 6.45) is 2.36. The molecular weight excluding hydrogens is 338 g/mol. The van der Waals surface area contributed by atoms with Crippen molar-refractivity contribution in [2.24, 2.45) is 16.8 Å². The number of thioether (sulfide) groups is 1. The second-order valence-electron chi connectivity index (χ2n) is 6.30. The average molecular weight is 370 g/mol. The number of hydrogen-bond donors (Lipinski definition) is 1. The van der Waals surface area contributed by atoms with Crippen molar-refractivity contribution in [1.82, 2.24) is 0 Å². The molecule has 0 fully saturated rings. The first-order valence-electron chi connectivity index (χ1n) is 9.11. The van der Waals surface area contributed by atoms with Gasteiger partial charge in [-0.15, -0.1) is 0 Å². The van der Waals surface area contributed by atoms with Gasteiger partial charge in [0.2, 0.25) is 0 Å². The van der Waals surface area contributed by atoms with Crippen molar-refractivity contribution >= 4 is 29.2 Å². The van der Waals surface area contributed by atoms with Crippen LogP contribution < -0.4 is 0 Å². The SMILES string of the molecule is CCCC(=NC)C1=C(O)[C@H](C(=O)OCC)[C@@H](C[C@@H](C)SCC)CC1=O. The van der Waals surface area contributed by atoms with E-state index in [1.807, 2.05) is 6.92 Å². The van der Waals surface area contributed by atoms with Crippen LogP contribution in [0.5, 0.6) is 0 Å². The van der Waals surface area contributed by atoms with Gasteiger partial charge in [-0.1, -0.05) is 27.2 Å². The van der Waals surface area contributed by atoms with Gasteiger partial charge in [0.15, 0.2) is 5.78 Å². The lowest BCUT2D eigenvalue weighted by Crippen LogP contribution is -2.38. The van der Waals surface area contributed by atoms with Crippen LogP contribution in [-0.2, 0) is 14.3 Å². The number of ether oxygens (including phenoxy) is 1. The maximum atomic E-state index is 12.7. The van der Waals surface area contributed by atoms with Crippen molar-refractivity contribution in [2.75, 3.05) is 19.4 Å². The van der Waals surface area contributed by atoms with Crippen LogP contribution in [0.4, 0.5) is 0 Å². The number of esters is 1. The number of allylic oxidation sites excluding steroid dienone is 1. The number of carbonyl (C=O) groups is 2. The summed E-state index contributed by atoms with van der Waals surface area (Å²) in [5, 5.41) is 11.1. The second-order valence-corrected chi connectivity index (χ2v) is 8.01. The number of hydrogen-bond acceptors (Lipinski definition) is 6. The Morgan fingerprint density at radius 2 is 2.08 bits per heavy atom. The molecule has 0 heterocycles. The van der Waals surface area contributed by atoms with Crippen LogP contribution in [0.25, 0.3) is 0 Å². The van der Waals surface area contributed by atoms with Gasteiger partial charge in [0, 0.05) is 24.4 Å². The summed E-state index contributed by atoms with van der Waals surface area (Å²) in [4.78, 5) is 29.4. The van der Waals surface area contributed by atoms with E-state index in [1.54, 1.807) is 25.7 Å². The van der Waals surface area contributed by atoms with Crippen molar-refractivity contribution in [3.8, 4) is 0 Å². The van der Waals surface area contributed by atoms with Crippen LogP contribution in [0.2, 0.25) is 0 Å². The molecule has 0 saturated carbocycles. The van der Waals surface area contributed by atoms with E-state index in [0.717, 1.165) is 12.2 Å². The lowest BCUT2D eigenvalue weighted by atomic mass is 9.74. The first-order valence-corrected chi connectivity index (χ1v) is 10.2. The third-order valence-corrected chi connectivity index (χ3v) is 5.52. The van der Waals surface area contributed by atoms with E-state index in [2.05, 4.69) is 18.8 Å². The third kappa shape index (κ3) is 5.59. The molecule has 25 heavy (non-hydrogen) atoms. The molecular formula is C19H31NO4S. The minimum atomic E-state index is -0.777. The van der Waals surface area contributed by atoms with Gasteiger partial charge in [0.05, 0.1) is 12.2 Å². The Kier molecular flexibility index (Phi) is 9.25. The Labute approximate surface area is 155 Å². The highest BCUT2D eigenvalue weighted by molar-refractivity contribution is 7.99. The predicted molar refractivity (Wildman–Crippen MR) is 103 cm³/mol. The molecule has 0 aromatic rings. The topological polar surface area (TPSA) is 76.0 Å². The standard InChI is InChI=1S/C19H31NO4S/c1-6-9-14(20-5)17-15(21)11-13(10-12(4)25-8-3)16(18(17)22)19(23)24-7-2/h12-13,16,22H,6-11H2,1-5H3/t12-,13+,16-/m1/s1. The molecule has 0 aliphatic heterocycles. The van der Waals surface area contributed by atoms with Crippen LogP contribution in [0, 0.1) is 11.8 Å². The van der Waals surface area contributed by atoms with Crippen molar-refractivity contribution in [1.29, 1.82) is 0 Å². The molecule has 6 heteroatoms. The number of aliphatic hydroxyl groups is 1. The molecule has 1 rings (SSSR count). The first kappa shape index (κ1) is 21.7. The van der Waals surface area contributed by atoms with Gasteiger partial charge in [-0.25, -0.2) is 0 Å². The zero-order chi connectivity index (χ0) is 19.0. The summed E-state index contributed by atoms with van der Waals surface area (Å²) >= 11 is 1.79. The molecule has 0 aromatic carbocycles. The molecule has 0 aromatic heterocycles. The van der Waals surface area contributed by atoms with Gasteiger partial charge in [0.25, 0.3) is 0 Å². The van der Waals surface area contributed by atoms with Gasteiger partial charge in [-0.3, -0.25) is 14.6 Å². The van der Waals surface area contributed by atoms with Crippen molar-refractivity contribution in [2.45, 2.75) is 58.6 Å². The normalized spacial score (nSPS) is 22.9. The highest BCUT2D eigenvalue weighted by Crippen LogP contribution is 2.38. The molecule has 0 saturated heterocycles. The highest BCUT2D eigenvalue weighted by atomic mass is 32.2. The van der Waals surface area contributed by atoms with Crippen molar-refractivity contribution in [3.05, 3.63) is 11.3 Å². The molecule has 5 nitrogen and oxygen atoms in total. The second kappa shape index (κ2) is 10.6. The number of aliphatic hydroxyl groups excluding tert-OH is 1. The van der Waals surface area contributed by atoms with E-state index in [0.29, 0.717) is 23.8 Å². The monoisotopic (exact) mass is 369 g/mol. The van der Waals surface area contributed by atoms with E-state index >= 15 is 0 Å². The lowest BCUT2D eigenvalue weighted by molar-refractivity contribution is -0.150. The molecule has 0 amide bonds. The van der Waals surface area contributed by atoms with E-state index < -0.39 is 11.9 Å². The number of nitrogens with zero attached hydrogens (tertiary/aromatic N) is 1. The predicted octanol–water partition coefficient (Wildman–Crippen LogP) is 3.97. The number of aliphatic imine (C=N–C) groups is 1. The molecule has 0 unspecified atom stereocenters. The highest BCUT2D eigenvalue weighted by Gasteiger charge is 2.43. The Morgan fingerprint density at radius 3 is 2.60 bits per heavy atom. The molecule has 142 valence electrons. The Bertz CT molecular complexity index is 542. The molecule has 1 aliphatic carbocycles. The number of carbonyl (C=O) groups excluding carboxylic acids is 2. The fraction of sp³-hybridized carbons (Fsp3) is 0.737. The summed E-state index contributed by atoms with van der Waals surface area (Å²) in [6.45, 7) is 8.16. The van der Waals surface area contributed by atoms with Crippen molar-refractivity contribution in [3.63, 3.8) is 0 Å². The van der Waals surface area contributed by atoms with E-state index in [-0.39, 0.29) is 36.1 Å². The largest absolute Gasteiger partial charge is 0.511 e. The smallest absolute Gasteiger partial charge is 0.316 e. The van der Waals surface area contributed by atoms with Gasteiger partial charge in [0.1, 0.15) is 11.7 Å².